The Bertz CT molecular complexity index is 3160. The van der Waals surface area contributed by atoms with Crippen LogP contribution in [0.1, 0.15) is 0 Å². The minimum absolute atomic E-state index is 0.620. The van der Waals surface area contributed by atoms with Crippen LogP contribution in [0.4, 0.5) is 0 Å². The minimum atomic E-state index is 0.620. The molecule has 0 atom stereocenters. The van der Waals surface area contributed by atoms with Crippen LogP contribution < -0.4 is 0 Å². The number of hydrogen-bond acceptors (Lipinski definition) is 4. The molecule has 0 aliphatic carbocycles. The van der Waals surface area contributed by atoms with Crippen molar-refractivity contribution in [2.24, 2.45) is 0 Å². The molecule has 0 amide bonds. The molecule has 0 saturated carbocycles. The smallest absolute Gasteiger partial charge is 0.164 e. The molecule has 0 aliphatic heterocycles. The normalized spacial score (nSPS) is 11.6. The van der Waals surface area contributed by atoms with E-state index in [1.807, 2.05) is 0 Å². The number of furan rings is 1. The van der Waals surface area contributed by atoms with Gasteiger partial charge in [-0.15, -0.1) is 0 Å². The summed E-state index contributed by atoms with van der Waals surface area (Å²) in [4.78, 5) is 15.2. The maximum absolute atomic E-state index is 6.81. The second-order valence-corrected chi connectivity index (χ2v) is 14.0. The lowest BCUT2D eigenvalue weighted by Gasteiger charge is -2.10. The standard InChI is InChI=1S/C51H31N3O/c1-2-13-34(14-3-1)45-31-46-44-20-10-19-41(47(44)55-48(46)43-18-9-8-17-42(43)45)35-23-25-36(26-24-35)49-52-50(39-27-21-32-11-4-6-15-37(32)29-39)54-51(53-49)40-28-22-33-12-5-7-16-38(33)30-40/h1-31H. The molecule has 0 saturated heterocycles. The van der Waals surface area contributed by atoms with Crippen LogP contribution >= 0.6 is 0 Å². The van der Waals surface area contributed by atoms with Crippen molar-refractivity contribution in [2.75, 3.05) is 0 Å². The molecule has 55 heavy (non-hydrogen) atoms. The molecule has 9 aromatic carbocycles. The number of fused-ring (bicyclic) bond motifs is 7. The SMILES string of the molecule is c1ccc(-c2cc3c4cccc(-c5ccc(-c6nc(-c7ccc8ccccc8c7)nc(-c7ccc8ccccc8c7)n6)cc5)c4oc3c3ccccc23)cc1. The van der Waals surface area contributed by atoms with E-state index < -0.39 is 0 Å². The molecule has 0 unspecified atom stereocenters. The summed E-state index contributed by atoms with van der Waals surface area (Å²) in [5, 5.41) is 9.12. The lowest BCUT2D eigenvalue weighted by atomic mass is 9.95. The van der Waals surface area contributed by atoms with Crippen LogP contribution in [0.25, 0.3) is 111 Å². The highest BCUT2D eigenvalue weighted by atomic mass is 16.3. The average molecular weight is 702 g/mol. The van der Waals surface area contributed by atoms with Crippen LogP contribution in [0.3, 0.4) is 0 Å². The van der Waals surface area contributed by atoms with Crippen molar-refractivity contribution >= 4 is 54.3 Å². The number of hydrogen-bond donors (Lipinski definition) is 0. The molecule has 0 aliphatic rings. The highest BCUT2D eigenvalue weighted by Gasteiger charge is 2.18. The van der Waals surface area contributed by atoms with Gasteiger partial charge in [-0.25, -0.2) is 15.0 Å². The van der Waals surface area contributed by atoms with E-state index in [0.717, 1.165) is 65.9 Å². The van der Waals surface area contributed by atoms with Crippen LogP contribution in [-0.4, -0.2) is 15.0 Å². The fourth-order valence-corrected chi connectivity index (χ4v) is 7.92. The molecule has 11 aromatic rings. The number of para-hydroxylation sites is 1. The number of nitrogens with zero attached hydrogens (tertiary/aromatic N) is 3. The third kappa shape index (κ3) is 5.34. The first-order valence-electron chi connectivity index (χ1n) is 18.5. The summed E-state index contributed by atoms with van der Waals surface area (Å²) in [7, 11) is 0. The Kier molecular flexibility index (Phi) is 7.14. The van der Waals surface area contributed by atoms with Crippen LogP contribution in [0.5, 0.6) is 0 Å². The van der Waals surface area contributed by atoms with E-state index >= 15 is 0 Å². The molecule has 0 radical (unpaired) electrons. The first-order valence-corrected chi connectivity index (χ1v) is 18.5. The summed E-state index contributed by atoms with van der Waals surface area (Å²) in [5.41, 5.74) is 9.05. The van der Waals surface area contributed by atoms with Gasteiger partial charge in [0, 0.05) is 38.4 Å². The van der Waals surface area contributed by atoms with Crippen molar-refractivity contribution in [3.63, 3.8) is 0 Å². The van der Waals surface area contributed by atoms with Crippen molar-refractivity contribution in [1.82, 2.24) is 15.0 Å². The van der Waals surface area contributed by atoms with Gasteiger partial charge in [0.05, 0.1) is 0 Å². The van der Waals surface area contributed by atoms with E-state index in [1.165, 1.54) is 27.3 Å². The fourth-order valence-electron chi connectivity index (χ4n) is 7.92. The van der Waals surface area contributed by atoms with Gasteiger partial charge in [0.25, 0.3) is 0 Å². The van der Waals surface area contributed by atoms with Gasteiger partial charge in [-0.1, -0.05) is 170 Å². The summed E-state index contributed by atoms with van der Waals surface area (Å²) >= 11 is 0. The highest BCUT2D eigenvalue weighted by Crippen LogP contribution is 2.42. The van der Waals surface area contributed by atoms with Crippen LogP contribution in [0, 0.1) is 0 Å². The van der Waals surface area contributed by atoms with Crippen molar-refractivity contribution in [2.45, 2.75) is 0 Å². The van der Waals surface area contributed by atoms with E-state index in [4.69, 9.17) is 19.4 Å². The van der Waals surface area contributed by atoms with Crippen molar-refractivity contribution < 1.29 is 4.42 Å². The third-order valence-corrected chi connectivity index (χ3v) is 10.7. The Morgan fingerprint density at radius 2 is 0.745 bits per heavy atom. The predicted octanol–water partition coefficient (Wildman–Crippen LogP) is 13.6. The van der Waals surface area contributed by atoms with Gasteiger partial charge in [0.2, 0.25) is 0 Å². The summed E-state index contributed by atoms with van der Waals surface area (Å²) in [6.07, 6.45) is 0. The van der Waals surface area contributed by atoms with E-state index in [0.29, 0.717) is 17.5 Å². The average Bonchev–Trinajstić information content (AvgIpc) is 3.65. The van der Waals surface area contributed by atoms with Gasteiger partial charge in [-0.3, -0.25) is 0 Å². The number of benzene rings is 9. The topological polar surface area (TPSA) is 51.8 Å². The van der Waals surface area contributed by atoms with E-state index in [2.05, 4.69) is 188 Å². The van der Waals surface area contributed by atoms with Gasteiger partial charge in [-0.2, -0.15) is 0 Å². The third-order valence-electron chi connectivity index (χ3n) is 10.7. The summed E-state index contributed by atoms with van der Waals surface area (Å²) in [5.74, 6) is 1.89. The zero-order chi connectivity index (χ0) is 36.3. The van der Waals surface area contributed by atoms with Gasteiger partial charge in [0.1, 0.15) is 11.2 Å². The molecule has 0 fully saturated rings. The summed E-state index contributed by atoms with van der Waals surface area (Å²) in [6.45, 7) is 0. The lowest BCUT2D eigenvalue weighted by molar-refractivity contribution is 0.674. The van der Waals surface area contributed by atoms with Gasteiger partial charge < -0.3 is 4.42 Å². The second kappa shape index (κ2) is 12.6. The molecule has 0 bridgehead atoms. The molecule has 2 heterocycles. The molecule has 2 aromatic heterocycles. The fraction of sp³-hybridized carbons (Fsp3) is 0. The molecule has 11 rings (SSSR count). The van der Waals surface area contributed by atoms with E-state index in [9.17, 15) is 0 Å². The molecule has 256 valence electrons. The predicted molar refractivity (Wildman–Crippen MR) is 227 cm³/mol. The van der Waals surface area contributed by atoms with Gasteiger partial charge in [-0.05, 0) is 61.8 Å². The van der Waals surface area contributed by atoms with Crippen molar-refractivity contribution in [1.29, 1.82) is 0 Å². The second-order valence-electron chi connectivity index (χ2n) is 14.0. The molecule has 4 nitrogen and oxygen atoms in total. The Labute approximate surface area is 317 Å². The maximum Gasteiger partial charge on any atom is 0.164 e. The summed E-state index contributed by atoms with van der Waals surface area (Å²) in [6, 6.07) is 65.8. The van der Waals surface area contributed by atoms with Crippen LogP contribution in [0.2, 0.25) is 0 Å². The molecular formula is C51H31N3O. The Morgan fingerprint density at radius 1 is 0.273 bits per heavy atom. The van der Waals surface area contributed by atoms with Crippen molar-refractivity contribution in [3.8, 4) is 56.4 Å². The zero-order valence-electron chi connectivity index (χ0n) is 29.6. The molecular weight excluding hydrogens is 671 g/mol. The largest absolute Gasteiger partial charge is 0.455 e. The first kappa shape index (κ1) is 31.1. The first-order chi connectivity index (χ1) is 27.2. The lowest BCUT2D eigenvalue weighted by Crippen LogP contribution is -2.00. The molecule has 0 spiro atoms. The molecule has 0 N–H and O–H groups in total. The quantitative estimate of drug-likeness (QED) is 0.179. The number of rotatable bonds is 5. The molecule has 4 heteroatoms. The Balaban J connectivity index is 1.04. The van der Waals surface area contributed by atoms with E-state index in [-0.39, 0.29) is 0 Å². The maximum atomic E-state index is 6.81. The Hall–Kier alpha value is -7.43. The zero-order valence-corrected chi connectivity index (χ0v) is 29.6. The van der Waals surface area contributed by atoms with Gasteiger partial charge >= 0.3 is 0 Å². The summed E-state index contributed by atoms with van der Waals surface area (Å²) < 4.78 is 6.81. The Morgan fingerprint density at radius 3 is 1.40 bits per heavy atom. The van der Waals surface area contributed by atoms with Crippen molar-refractivity contribution in [3.05, 3.63) is 188 Å². The van der Waals surface area contributed by atoms with Gasteiger partial charge in [0.15, 0.2) is 17.5 Å². The van der Waals surface area contributed by atoms with Crippen LogP contribution in [-0.2, 0) is 0 Å². The van der Waals surface area contributed by atoms with Crippen LogP contribution in [0.15, 0.2) is 192 Å². The minimum Gasteiger partial charge on any atom is -0.455 e. The highest BCUT2D eigenvalue weighted by molar-refractivity contribution is 6.20. The van der Waals surface area contributed by atoms with E-state index in [1.54, 1.807) is 0 Å². The number of aromatic nitrogens is 3. The monoisotopic (exact) mass is 701 g/mol.